The van der Waals surface area contributed by atoms with Crippen LogP contribution in [0.1, 0.15) is 12.8 Å². The van der Waals surface area contributed by atoms with Crippen LogP contribution in [0.2, 0.25) is 0 Å². The fraction of sp³-hybridized carbons (Fsp3) is 0.364. The summed E-state index contributed by atoms with van der Waals surface area (Å²) in [5, 5.41) is 15.8. The number of carbonyl (C=O) groups is 1. The Bertz CT molecular complexity index is 535. The Kier molecular flexibility index (Phi) is 3.93. The van der Waals surface area contributed by atoms with Crippen molar-refractivity contribution in [3.63, 3.8) is 0 Å². The van der Waals surface area contributed by atoms with Gasteiger partial charge >= 0.3 is 0 Å². The van der Waals surface area contributed by atoms with Crippen LogP contribution < -0.4 is 11.1 Å². The van der Waals surface area contributed by atoms with E-state index >= 15 is 0 Å². The molecule has 0 unspecified atom stereocenters. The van der Waals surface area contributed by atoms with Gasteiger partial charge in [0.05, 0.1) is 18.9 Å². The molecule has 0 spiro atoms. The molecule has 4 N–H and O–H groups in total. The minimum atomic E-state index is -0.912. The molecule has 0 bridgehead atoms. The third-order valence-electron chi connectivity index (χ3n) is 2.47. The molecular weight excluding hydrogens is 252 g/mol. The van der Waals surface area contributed by atoms with Crippen LogP contribution in [-0.2, 0) is 11.3 Å². The van der Waals surface area contributed by atoms with Crippen molar-refractivity contribution in [2.24, 2.45) is 5.73 Å². The highest BCUT2D eigenvalue weighted by Gasteiger charge is 2.21. The summed E-state index contributed by atoms with van der Waals surface area (Å²) in [5.74, 6) is 0.408. The number of nitrogens with zero attached hydrogens (tertiary/aromatic N) is 2. The third kappa shape index (κ3) is 3.18. The molecular formula is C11H14N4O4. The van der Waals surface area contributed by atoms with E-state index < -0.39 is 18.1 Å². The summed E-state index contributed by atoms with van der Waals surface area (Å²) in [7, 11) is 0. The summed E-state index contributed by atoms with van der Waals surface area (Å²) in [6.07, 6.45) is 0.588. The molecule has 2 rings (SSSR count). The average molecular weight is 266 g/mol. The number of amides is 1. The van der Waals surface area contributed by atoms with E-state index in [4.69, 9.17) is 14.7 Å². The van der Waals surface area contributed by atoms with Crippen molar-refractivity contribution in [2.75, 3.05) is 0 Å². The zero-order valence-corrected chi connectivity index (χ0v) is 10.2. The van der Waals surface area contributed by atoms with E-state index in [9.17, 15) is 9.90 Å². The second kappa shape index (κ2) is 5.63. The molecule has 102 valence electrons. The molecule has 0 aromatic carbocycles. The van der Waals surface area contributed by atoms with Crippen molar-refractivity contribution in [1.29, 1.82) is 0 Å². The maximum absolute atomic E-state index is 11.1. The number of aliphatic hydroxyl groups excluding tert-OH is 1. The van der Waals surface area contributed by atoms with Gasteiger partial charge in [0, 0.05) is 0 Å². The number of aliphatic hydroxyl groups is 1. The van der Waals surface area contributed by atoms with Gasteiger partial charge in [0.2, 0.25) is 17.6 Å². The van der Waals surface area contributed by atoms with Gasteiger partial charge in [-0.05, 0) is 19.1 Å². The first-order valence-electron chi connectivity index (χ1n) is 5.65. The Hall–Kier alpha value is -2.19. The summed E-state index contributed by atoms with van der Waals surface area (Å²) < 4.78 is 10.1. The minimum absolute atomic E-state index is 0.117. The van der Waals surface area contributed by atoms with Crippen molar-refractivity contribution in [1.82, 2.24) is 15.5 Å². The Balaban J connectivity index is 1.99. The minimum Gasteiger partial charge on any atom is -0.461 e. The molecule has 2 heterocycles. The van der Waals surface area contributed by atoms with Crippen LogP contribution in [-0.4, -0.2) is 33.3 Å². The van der Waals surface area contributed by atoms with E-state index in [0.717, 1.165) is 0 Å². The molecule has 0 radical (unpaired) electrons. The normalized spacial score (nSPS) is 14.2. The van der Waals surface area contributed by atoms with E-state index in [-0.39, 0.29) is 12.4 Å². The molecule has 0 saturated carbocycles. The highest BCUT2D eigenvalue weighted by Crippen LogP contribution is 2.15. The van der Waals surface area contributed by atoms with Crippen molar-refractivity contribution < 1.29 is 18.8 Å². The summed E-state index contributed by atoms with van der Waals surface area (Å²) in [6, 6.07) is 2.53. The molecule has 2 aromatic rings. The summed E-state index contributed by atoms with van der Waals surface area (Å²) in [5.41, 5.74) is 5.14. The van der Waals surface area contributed by atoms with Gasteiger partial charge in [-0.3, -0.25) is 10.1 Å². The van der Waals surface area contributed by atoms with Gasteiger partial charge in [-0.15, -0.1) is 0 Å². The first kappa shape index (κ1) is 13.2. The summed E-state index contributed by atoms with van der Waals surface area (Å²) in [6.45, 7) is 1.58. The molecule has 2 atom stereocenters. The molecule has 0 aliphatic rings. The second-order valence-electron chi connectivity index (χ2n) is 3.99. The van der Waals surface area contributed by atoms with Crippen LogP contribution >= 0.6 is 0 Å². The standard InChI is InChI=1S/C11H14N4O4/c1-6(16)9(10(12)17)13-5-8-14-11(15-19-8)7-3-2-4-18-7/h2-4,6,9,13,16H,5H2,1H3,(H2,12,17)/t6-,9+/m1/s1. The lowest BCUT2D eigenvalue weighted by molar-refractivity contribution is -0.122. The Labute approximate surface area is 108 Å². The number of hydrogen-bond acceptors (Lipinski definition) is 7. The van der Waals surface area contributed by atoms with Gasteiger partial charge in [-0.2, -0.15) is 4.98 Å². The molecule has 2 aromatic heterocycles. The predicted molar refractivity (Wildman–Crippen MR) is 63.5 cm³/mol. The molecule has 8 heteroatoms. The number of nitrogens with two attached hydrogens (primary N) is 1. The van der Waals surface area contributed by atoms with Gasteiger partial charge in [-0.25, -0.2) is 0 Å². The Morgan fingerprint density at radius 2 is 2.42 bits per heavy atom. The fourth-order valence-electron chi connectivity index (χ4n) is 1.54. The lowest BCUT2D eigenvalue weighted by Crippen LogP contribution is -2.48. The molecule has 0 fully saturated rings. The number of furan rings is 1. The molecule has 19 heavy (non-hydrogen) atoms. The zero-order valence-electron chi connectivity index (χ0n) is 10.2. The van der Waals surface area contributed by atoms with Crippen molar-refractivity contribution in [3.05, 3.63) is 24.3 Å². The van der Waals surface area contributed by atoms with Crippen molar-refractivity contribution in [2.45, 2.75) is 25.6 Å². The third-order valence-corrected chi connectivity index (χ3v) is 2.47. The maximum atomic E-state index is 11.1. The number of primary amides is 1. The number of carbonyl (C=O) groups excluding carboxylic acids is 1. The molecule has 0 aliphatic heterocycles. The number of aromatic nitrogens is 2. The molecule has 0 aliphatic carbocycles. The van der Waals surface area contributed by atoms with Crippen LogP contribution in [0.4, 0.5) is 0 Å². The monoisotopic (exact) mass is 266 g/mol. The lowest BCUT2D eigenvalue weighted by Gasteiger charge is -2.16. The van der Waals surface area contributed by atoms with Gasteiger partial charge in [0.25, 0.3) is 0 Å². The van der Waals surface area contributed by atoms with E-state index in [0.29, 0.717) is 11.6 Å². The SMILES string of the molecule is C[C@@H](O)[C@H](NCc1nc(-c2ccco2)no1)C(N)=O. The summed E-state index contributed by atoms with van der Waals surface area (Å²) >= 11 is 0. The van der Waals surface area contributed by atoms with Crippen LogP contribution in [0.25, 0.3) is 11.6 Å². The van der Waals surface area contributed by atoms with E-state index in [1.807, 2.05) is 0 Å². The van der Waals surface area contributed by atoms with Gasteiger partial charge < -0.3 is 19.8 Å². The number of hydrogen-bond donors (Lipinski definition) is 3. The van der Waals surface area contributed by atoms with Crippen molar-refractivity contribution >= 4 is 5.91 Å². The van der Waals surface area contributed by atoms with Gasteiger partial charge in [0.1, 0.15) is 6.04 Å². The molecule has 0 saturated heterocycles. The van der Waals surface area contributed by atoms with Gasteiger partial charge in [-0.1, -0.05) is 5.16 Å². The quantitative estimate of drug-likeness (QED) is 0.652. The maximum Gasteiger partial charge on any atom is 0.241 e. The zero-order chi connectivity index (χ0) is 13.8. The largest absolute Gasteiger partial charge is 0.461 e. The first-order chi connectivity index (χ1) is 9.08. The average Bonchev–Trinajstić information content (AvgIpc) is 2.98. The summed E-state index contributed by atoms with van der Waals surface area (Å²) in [4.78, 5) is 15.1. The molecule has 8 nitrogen and oxygen atoms in total. The van der Waals surface area contributed by atoms with E-state index in [1.165, 1.54) is 13.2 Å². The first-order valence-corrected chi connectivity index (χ1v) is 5.65. The molecule has 1 amide bonds. The van der Waals surface area contributed by atoms with Gasteiger partial charge in [0.15, 0.2) is 5.76 Å². The van der Waals surface area contributed by atoms with Crippen LogP contribution in [0.5, 0.6) is 0 Å². The lowest BCUT2D eigenvalue weighted by atomic mass is 10.2. The van der Waals surface area contributed by atoms with E-state index in [2.05, 4.69) is 15.5 Å². The van der Waals surface area contributed by atoms with Crippen LogP contribution in [0.3, 0.4) is 0 Å². The van der Waals surface area contributed by atoms with Crippen molar-refractivity contribution in [3.8, 4) is 11.6 Å². The fourth-order valence-corrected chi connectivity index (χ4v) is 1.54. The topological polar surface area (TPSA) is 127 Å². The highest BCUT2D eigenvalue weighted by atomic mass is 16.5. The van der Waals surface area contributed by atoms with Crippen LogP contribution in [0, 0.1) is 0 Å². The Morgan fingerprint density at radius 3 is 3.00 bits per heavy atom. The van der Waals surface area contributed by atoms with E-state index in [1.54, 1.807) is 12.1 Å². The predicted octanol–water partition coefficient (Wildman–Crippen LogP) is -0.346. The highest BCUT2D eigenvalue weighted by molar-refractivity contribution is 5.80. The smallest absolute Gasteiger partial charge is 0.241 e. The van der Waals surface area contributed by atoms with Crippen LogP contribution in [0.15, 0.2) is 27.3 Å². The number of nitrogens with one attached hydrogen (secondary N) is 1. The Morgan fingerprint density at radius 1 is 1.63 bits per heavy atom. The second-order valence-corrected chi connectivity index (χ2v) is 3.99. The number of rotatable bonds is 6.